The SMILES string of the molecule is C1=C(c2c[nH]c3cccnc23)CCC2CCCCN2C1. The molecule has 1 saturated heterocycles. The summed E-state index contributed by atoms with van der Waals surface area (Å²) in [5.41, 5.74) is 5.05. The lowest BCUT2D eigenvalue weighted by molar-refractivity contribution is 0.161. The van der Waals surface area contributed by atoms with Crippen LogP contribution in [0.25, 0.3) is 16.6 Å². The van der Waals surface area contributed by atoms with E-state index in [9.17, 15) is 0 Å². The highest BCUT2D eigenvalue weighted by Crippen LogP contribution is 2.32. The molecule has 0 aromatic carbocycles. The summed E-state index contributed by atoms with van der Waals surface area (Å²) in [5, 5.41) is 0. The topological polar surface area (TPSA) is 31.9 Å². The Morgan fingerprint density at radius 3 is 3.25 bits per heavy atom. The van der Waals surface area contributed by atoms with E-state index in [2.05, 4.69) is 33.2 Å². The first-order valence-electron chi connectivity index (χ1n) is 7.77. The number of hydrogen-bond acceptors (Lipinski definition) is 2. The molecule has 1 fully saturated rings. The van der Waals surface area contributed by atoms with Crippen molar-refractivity contribution in [1.82, 2.24) is 14.9 Å². The zero-order valence-electron chi connectivity index (χ0n) is 11.8. The van der Waals surface area contributed by atoms with Gasteiger partial charge in [-0.05, 0) is 49.9 Å². The van der Waals surface area contributed by atoms with Gasteiger partial charge in [0.05, 0.1) is 11.0 Å². The molecule has 0 spiro atoms. The van der Waals surface area contributed by atoms with Crippen molar-refractivity contribution in [3.05, 3.63) is 36.2 Å². The number of allylic oxidation sites excluding steroid dienone is 1. The summed E-state index contributed by atoms with van der Waals surface area (Å²) < 4.78 is 0. The molecule has 0 saturated carbocycles. The molecule has 2 aromatic heterocycles. The summed E-state index contributed by atoms with van der Waals surface area (Å²) >= 11 is 0. The molecule has 1 N–H and O–H groups in total. The third kappa shape index (κ3) is 2.06. The summed E-state index contributed by atoms with van der Waals surface area (Å²) in [5.74, 6) is 0. The van der Waals surface area contributed by atoms with E-state index >= 15 is 0 Å². The van der Waals surface area contributed by atoms with Crippen LogP contribution in [0.5, 0.6) is 0 Å². The number of hydrogen-bond donors (Lipinski definition) is 1. The van der Waals surface area contributed by atoms with Gasteiger partial charge in [0.15, 0.2) is 0 Å². The number of pyridine rings is 1. The van der Waals surface area contributed by atoms with Gasteiger partial charge < -0.3 is 4.98 Å². The standard InChI is InChI=1S/C17H21N3/c1-2-10-20-11-8-13(6-7-14(20)4-1)15-12-19-16-5-3-9-18-17(15)16/h3,5,8-9,12,14,19H,1-2,4,6-7,10-11H2. The van der Waals surface area contributed by atoms with Gasteiger partial charge in [0.2, 0.25) is 0 Å². The van der Waals surface area contributed by atoms with Crippen LogP contribution in [-0.4, -0.2) is 34.0 Å². The minimum absolute atomic E-state index is 0.802. The molecule has 2 aliphatic rings. The van der Waals surface area contributed by atoms with Crippen molar-refractivity contribution in [2.24, 2.45) is 0 Å². The van der Waals surface area contributed by atoms with Gasteiger partial charge in [0, 0.05) is 30.5 Å². The van der Waals surface area contributed by atoms with Crippen LogP contribution in [0.15, 0.2) is 30.6 Å². The molecule has 4 rings (SSSR count). The molecule has 20 heavy (non-hydrogen) atoms. The molecule has 0 radical (unpaired) electrons. The number of aromatic nitrogens is 2. The molecule has 0 aliphatic carbocycles. The molecule has 3 heteroatoms. The lowest BCUT2D eigenvalue weighted by Gasteiger charge is -2.33. The number of aromatic amines is 1. The second kappa shape index (κ2) is 5.06. The summed E-state index contributed by atoms with van der Waals surface area (Å²) in [6.07, 6.45) is 13.1. The molecule has 2 aliphatic heterocycles. The highest BCUT2D eigenvalue weighted by atomic mass is 15.2. The Morgan fingerprint density at radius 1 is 1.25 bits per heavy atom. The highest BCUT2D eigenvalue weighted by Gasteiger charge is 2.24. The van der Waals surface area contributed by atoms with Crippen molar-refractivity contribution >= 4 is 16.6 Å². The van der Waals surface area contributed by atoms with Gasteiger partial charge in [0.25, 0.3) is 0 Å². The summed E-state index contributed by atoms with van der Waals surface area (Å²) in [6.45, 7) is 2.39. The largest absolute Gasteiger partial charge is 0.359 e. The van der Waals surface area contributed by atoms with Crippen molar-refractivity contribution in [3.8, 4) is 0 Å². The lowest BCUT2D eigenvalue weighted by atomic mass is 9.96. The lowest BCUT2D eigenvalue weighted by Crippen LogP contribution is -2.38. The first-order valence-corrected chi connectivity index (χ1v) is 7.77. The number of nitrogens with zero attached hydrogens (tertiary/aromatic N) is 2. The molecule has 3 nitrogen and oxygen atoms in total. The van der Waals surface area contributed by atoms with E-state index in [-0.39, 0.29) is 0 Å². The maximum Gasteiger partial charge on any atom is 0.0953 e. The Bertz CT molecular complexity index is 640. The predicted octanol–water partition coefficient (Wildman–Crippen LogP) is 3.59. The second-order valence-corrected chi connectivity index (χ2v) is 6.01. The van der Waals surface area contributed by atoms with E-state index < -0.39 is 0 Å². The van der Waals surface area contributed by atoms with Crippen molar-refractivity contribution in [3.63, 3.8) is 0 Å². The molecule has 4 heterocycles. The van der Waals surface area contributed by atoms with E-state index in [1.807, 2.05) is 12.3 Å². The Hall–Kier alpha value is -1.61. The average molecular weight is 267 g/mol. The van der Waals surface area contributed by atoms with Gasteiger partial charge in [-0.15, -0.1) is 0 Å². The predicted molar refractivity (Wildman–Crippen MR) is 82.5 cm³/mol. The molecular formula is C17H21N3. The van der Waals surface area contributed by atoms with E-state index in [1.165, 1.54) is 49.8 Å². The Labute approximate surface area is 119 Å². The second-order valence-electron chi connectivity index (χ2n) is 6.01. The Balaban J connectivity index is 1.66. The van der Waals surface area contributed by atoms with Gasteiger partial charge in [-0.2, -0.15) is 0 Å². The third-order valence-electron chi connectivity index (χ3n) is 4.85. The minimum Gasteiger partial charge on any atom is -0.359 e. The monoisotopic (exact) mass is 267 g/mol. The van der Waals surface area contributed by atoms with Crippen LogP contribution in [0.3, 0.4) is 0 Å². The van der Waals surface area contributed by atoms with Gasteiger partial charge >= 0.3 is 0 Å². The van der Waals surface area contributed by atoms with E-state index in [0.29, 0.717) is 0 Å². The highest BCUT2D eigenvalue weighted by molar-refractivity contribution is 5.89. The number of nitrogens with one attached hydrogen (secondary N) is 1. The van der Waals surface area contributed by atoms with Crippen molar-refractivity contribution < 1.29 is 0 Å². The van der Waals surface area contributed by atoms with E-state index in [4.69, 9.17) is 0 Å². The fraction of sp³-hybridized carbons (Fsp3) is 0.471. The molecule has 2 aromatic rings. The quantitative estimate of drug-likeness (QED) is 0.856. The van der Waals surface area contributed by atoms with Crippen LogP contribution in [0.4, 0.5) is 0 Å². The fourth-order valence-electron chi connectivity index (χ4n) is 3.72. The number of rotatable bonds is 1. The number of H-pyrrole nitrogens is 1. The van der Waals surface area contributed by atoms with Crippen LogP contribution in [-0.2, 0) is 0 Å². The molecule has 0 bridgehead atoms. The summed E-state index contributed by atoms with van der Waals surface area (Å²) in [6, 6.07) is 4.90. The molecule has 104 valence electrons. The number of piperidine rings is 1. The molecule has 1 unspecified atom stereocenters. The zero-order valence-corrected chi connectivity index (χ0v) is 11.8. The van der Waals surface area contributed by atoms with Gasteiger partial charge in [-0.3, -0.25) is 9.88 Å². The van der Waals surface area contributed by atoms with Crippen LogP contribution < -0.4 is 0 Å². The smallest absolute Gasteiger partial charge is 0.0953 e. The minimum atomic E-state index is 0.802. The van der Waals surface area contributed by atoms with Crippen molar-refractivity contribution in [2.45, 2.75) is 38.1 Å². The van der Waals surface area contributed by atoms with Gasteiger partial charge in [0.1, 0.15) is 0 Å². The van der Waals surface area contributed by atoms with Crippen LogP contribution >= 0.6 is 0 Å². The van der Waals surface area contributed by atoms with Crippen molar-refractivity contribution in [1.29, 1.82) is 0 Å². The first kappa shape index (κ1) is 12.2. The first-order chi connectivity index (χ1) is 9.92. The van der Waals surface area contributed by atoms with Gasteiger partial charge in [-0.1, -0.05) is 12.5 Å². The fourth-order valence-corrected chi connectivity index (χ4v) is 3.72. The summed E-state index contributed by atoms with van der Waals surface area (Å²) in [7, 11) is 0. The van der Waals surface area contributed by atoms with Crippen molar-refractivity contribution in [2.75, 3.05) is 13.1 Å². The van der Waals surface area contributed by atoms with E-state index in [1.54, 1.807) is 0 Å². The number of fused-ring (bicyclic) bond motifs is 2. The molecule has 1 atom stereocenters. The normalized spacial score (nSPS) is 24.2. The van der Waals surface area contributed by atoms with Crippen LogP contribution in [0.1, 0.15) is 37.7 Å². The average Bonchev–Trinajstić information content (AvgIpc) is 2.81. The Morgan fingerprint density at radius 2 is 2.25 bits per heavy atom. The van der Waals surface area contributed by atoms with Crippen LogP contribution in [0, 0.1) is 0 Å². The molecular weight excluding hydrogens is 246 g/mol. The van der Waals surface area contributed by atoms with Crippen LogP contribution in [0.2, 0.25) is 0 Å². The maximum atomic E-state index is 4.55. The zero-order chi connectivity index (χ0) is 13.4. The third-order valence-corrected chi connectivity index (χ3v) is 4.85. The Kier molecular flexibility index (Phi) is 3.07. The van der Waals surface area contributed by atoms with E-state index in [0.717, 1.165) is 23.6 Å². The van der Waals surface area contributed by atoms with Gasteiger partial charge in [-0.25, -0.2) is 0 Å². The molecule has 0 amide bonds. The summed E-state index contributed by atoms with van der Waals surface area (Å²) in [4.78, 5) is 10.6. The maximum absolute atomic E-state index is 4.55.